The van der Waals surface area contributed by atoms with E-state index in [1.807, 2.05) is 0 Å². The number of hydrogen-bond acceptors (Lipinski definition) is 3. The zero-order valence-corrected chi connectivity index (χ0v) is 12.9. The van der Waals surface area contributed by atoms with Crippen molar-refractivity contribution >= 4 is 23.2 Å². The third-order valence-corrected chi connectivity index (χ3v) is 3.89. The number of cyclic esters (lactones) is 1. The van der Waals surface area contributed by atoms with Crippen molar-refractivity contribution < 1.29 is 9.53 Å². The zero-order chi connectivity index (χ0) is 13.9. The molecule has 0 fully saturated rings. The Morgan fingerprint density at radius 3 is 1.95 bits per heavy atom. The molecule has 0 unspecified atom stereocenters. The molecule has 1 aliphatic rings. The second kappa shape index (κ2) is 10.1. The predicted octanol–water partition coefficient (Wildman–Crippen LogP) is 5.11. The van der Waals surface area contributed by atoms with Crippen molar-refractivity contribution in [3.05, 3.63) is 11.6 Å². The van der Waals surface area contributed by atoms with Crippen molar-refractivity contribution in [2.75, 3.05) is 0 Å². The second-order valence-electron chi connectivity index (χ2n) is 5.31. The highest BCUT2D eigenvalue weighted by atomic mass is 32.1. The van der Waals surface area contributed by atoms with E-state index in [0.717, 1.165) is 18.4 Å². The molecule has 0 saturated carbocycles. The standard InChI is InChI=1S/C16H26O2S/c1-2-3-4-5-6-7-8-9-10-11-12-14-13-15(17)18-16(14)19/h13H,2-12H2,1H3. The molecule has 0 aliphatic carbocycles. The SMILES string of the molecule is CCCCCCCCCCCCC1=CC(=O)OC1=S. The maximum absolute atomic E-state index is 11.0. The van der Waals surface area contributed by atoms with Crippen molar-refractivity contribution in [2.45, 2.75) is 77.6 Å². The summed E-state index contributed by atoms with van der Waals surface area (Å²) < 4.78 is 4.82. The van der Waals surface area contributed by atoms with E-state index in [9.17, 15) is 4.79 Å². The Kier molecular flexibility index (Phi) is 8.72. The lowest BCUT2D eigenvalue weighted by Gasteiger charge is -2.03. The van der Waals surface area contributed by atoms with Gasteiger partial charge in [-0.3, -0.25) is 0 Å². The van der Waals surface area contributed by atoms with Crippen molar-refractivity contribution in [1.82, 2.24) is 0 Å². The van der Waals surface area contributed by atoms with Gasteiger partial charge in [-0.05, 0) is 25.1 Å². The maximum atomic E-state index is 11.0. The topological polar surface area (TPSA) is 26.3 Å². The minimum absolute atomic E-state index is 0.299. The van der Waals surface area contributed by atoms with Gasteiger partial charge < -0.3 is 4.74 Å². The summed E-state index contributed by atoms with van der Waals surface area (Å²) >= 11 is 4.98. The highest BCUT2D eigenvalue weighted by Gasteiger charge is 2.18. The summed E-state index contributed by atoms with van der Waals surface area (Å²) in [6, 6.07) is 0. The third-order valence-electron chi connectivity index (χ3n) is 3.55. The molecule has 0 aromatic heterocycles. The number of unbranched alkanes of at least 4 members (excludes halogenated alkanes) is 9. The molecule has 0 bridgehead atoms. The molecule has 0 radical (unpaired) electrons. The molecule has 1 heterocycles. The first-order chi connectivity index (χ1) is 9.24. The molecule has 0 atom stereocenters. The van der Waals surface area contributed by atoms with Gasteiger partial charge in [-0.25, -0.2) is 4.79 Å². The Morgan fingerprint density at radius 2 is 1.47 bits per heavy atom. The maximum Gasteiger partial charge on any atom is 0.337 e. The van der Waals surface area contributed by atoms with Crippen LogP contribution in [-0.4, -0.2) is 11.0 Å². The average molecular weight is 282 g/mol. The van der Waals surface area contributed by atoms with Crippen LogP contribution in [0.25, 0.3) is 0 Å². The first-order valence-electron chi connectivity index (χ1n) is 7.70. The molecular formula is C16H26O2S. The fourth-order valence-corrected chi connectivity index (χ4v) is 2.61. The molecule has 1 aliphatic heterocycles. The molecule has 3 heteroatoms. The molecule has 0 amide bonds. The lowest BCUT2D eigenvalue weighted by atomic mass is 10.0. The van der Waals surface area contributed by atoms with E-state index in [1.54, 1.807) is 0 Å². The van der Waals surface area contributed by atoms with Crippen LogP contribution in [0.1, 0.15) is 77.6 Å². The minimum Gasteiger partial charge on any atom is -0.411 e. The zero-order valence-electron chi connectivity index (χ0n) is 12.1. The van der Waals surface area contributed by atoms with Crippen molar-refractivity contribution in [1.29, 1.82) is 0 Å². The van der Waals surface area contributed by atoms with Gasteiger partial charge >= 0.3 is 5.97 Å². The van der Waals surface area contributed by atoms with Gasteiger partial charge in [-0.1, -0.05) is 64.7 Å². The summed E-state index contributed by atoms with van der Waals surface area (Å²) in [7, 11) is 0. The molecule has 0 aromatic rings. The van der Waals surface area contributed by atoms with Crippen LogP contribution >= 0.6 is 12.2 Å². The quantitative estimate of drug-likeness (QED) is 0.299. The van der Waals surface area contributed by atoms with Gasteiger partial charge in [0, 0.05) is 11.6 Å². The van der Waals surface area contributed by atoms with Crippen LogP contribution in [0.15, 0.2) is 11.6 Å². The Hall–Kier alpha value is -0.700. The van der Waals surface area contributed by atoms with E-state index < -0.39 is 0 Å². The third kappa shape index (κ3) is 7.46. The number of esters is 1. The average Bonchev–Trinajstić information content (AvgIpc) is 2.70. The van der Waals surface area contributed by atoms with E-state index in [2.05, 4.69) is 6.92 Å². The lowest BCUT2D eigenvalue weighted by Crippen LogP contribution is -1.99. The minimum atomic E-state index is -0.299. The van der Waals surface area contributed by atoms with E-state index >= 15 is 0 Å². The summed E-state index contributed by atoms with van der Waals surface area (Å²) in [4.78, 5) is 11.0. The Bertz CT molecular complexity index is 321. The van der Waals surface area contributed by atoms with Gasteiger partial charge in [0.2, 0.25) is 0 Å². The Morgan fingerprint density at radius 1 is 0.947 bits per heavy atom. The molecule has 0 N–H and O–H groups in total. The van der Waals surface area contributed by atoms with Crippen LogP contribution in [0.2, 0.25) is 0 Å². The number of thiocarbonyl (C=S) groups is 1. The predicted molar refractivity (Wildman–Crippen MR) is 83.2 cm³/mol. The number of ether oxygens (including phenoxy) is 1. The van der Waals surface area contributed by atoms with Crippen LogP contribution in [-0.2, 0) is 9.53 Å². The van der Waals surface area contributed by atoms with Gasteiger partial charge in [0.05, 0.1) is 0 Å². The highest BCUT2D eigenvalue weighted by Crippen LogP contribution is 2.18. The second-order valence-corrected chi connectivity index (χ2v) is 5.68. The summed E-state index contributed by atoms with van der Waals surface area (Å²) in [6.45, 7) is 2.25. The van der Waals surface area contributed by atoms with Crippen LogP contribution < -0.4 is 0 Å². The van der Waals surface area contributed by atoms with Gasteiger partial charge in [-0.2, -0.15) is 0 Å². The van der Waals surface area contributed by atoms with Gasteiger partial charge in [0.25, 0.3) is 0 Å². The fourth-order valence-electron chi connectivity index (χ4n) is 2.36. The van der Waals surface area contributed by atoms with Crippen molar-refractivity contribution in [3.8, 4) is 0 Å². The number of hydrogen-bond donors (Lipinski definition) is 0. The summed E-state index contributed by atoms with van der Waals surface area (Å²) in [5.41, 5.74) is 0.916. The Labute approximate surface area is 122 Å². The monoisotopic (exact) mass is 282 g/mol. The lowest BCUT2D eigenvalue weighted by molar-refractivity contribution is -0.129. The molecular weight excluding hydrogens is 256 g/mol. The van der Waals surface area contributed by atoms with Crippen LogP contribution in [0.5, 0.6) is 0 Å². The van der Waals surface area contributed by atoms with E-state index in [-0.39, 0.29) is 5.97 Å². The first kappa shape index (κ1) is 16.4. The molecule has 0 saturated heterocycles. The van der Waals surface area contributed by atoms with Gasteiger partial charge in [0.1, 0.15) is 0 Å². The van der Waals surface area contributed by atoms with Crippen molar-refractivity contribution in [3.63, 3.8) is 0 Å². The van der Waals surface area contributed by atoms with Crippen LogP contribution in [0, 0.1) is 0 Å². The first-order valence-corrected chi connectivity index (χ1v) is 8.11. The van der Waals surface area contributed by atoms with Gasteiger partial charge in [-0.15, -0.1) is 0 Å². The summed E-state index contributed by atoms with van der Waals surface area (Å²) in [6.07, 6.45) is 15.7. The number of carbonyl (C=O) groups is 1. The number of rotatable bonds is 11. The highest BCUT2D eigenvalue weighted by molar-refractivity contribution is 7.80. The molecule has 0 spiro atoms. The molecule has 108 valence electrons. The van der Waals surface area contributed by atoms with E-state index in [0.29, 0.717) is 5.05 Å². The summed E-state index contributed by atoms with van der Waals surface area (Å²) in [5, 5.41) is 0.390. The molecule has 1 rings (SSSR count). The fraction of sp³-hybridized carbons (Fsp3) is 0.750. The van der Waals surface area contributed by atoms with E-state index in [1.165, 1.54) is 63.9 Å². The largest absolute Gasteiger partial charge is 0.411 e. The summed E-state index contributed by atoms with van der Waals surface area (Å²) in [5.74, 6) is -0.299. The van der Waals surface area contributed by atoms with Gasteiger partial charge in [0.15, 0.2) is 5.05 Å². The van der Waals surface area contributed by atoms with Crippen molar-refractivity contribution in [2.24, 2.45) is 0 Å². The molecule has 0 aromatic carbocycles. The van der Waals surface area contributed by atoms with Crippen LogP contribution in [0.4, 0.5) is 0 Å². The normalized spacial score (nSPS) is 14.7. The number of carbonyl (C=O) groups excluding carboxylic acids is 1. The Balaban J connectivity index is 1.88. The smallest absolute Gasteiger partial charge is 0.337 e. The van der Waals surface area contributed by atoms with Crippen LogP contribution in [0.3, 0.4) is 0 Å². The molecule has 2 nitrogen and oxygen atoms in total. The molecule has 19 heavy (non-hydrogen) atoms. The van der Waals surface area contributed by atoms with E-state index in [4.69, 9.17) is 17.0 Å².